The summed E-state index contributed by atoms with van der Waals surface area (Å²) in [5, 5.41) is 19.3. The molecule has 5 nitrogen and oxygen atoms in total. The van der Waals surface area contributed by atoms with Crippen molar-refractivity contribution in [3.8, 4) is 0 Å². The van der Waals surface area contributed by atoms with Gasteiger partial charge in [0.25, 0.3) is 5.91 Å². The van der Waals surface area contributed by atoms with Crippen molar-refractivity contribution in [2.75, 3.05) is 6.54 Å². The van der Waals surface area contributed by atoms with E-state index in [1.807, 2.05) is 6.07 Å². The van der Waals surface area contributed by atoms with Crippen LogP contribution in [0.1, 0.15) is 31.4 Å². The molecule has 0 spiro atoms. The molecule has 0 radical (unpaired) electrons. The summed E-state index contributed by atoms with van der Waals surface area (Å²) in [7, 11) is 0. The van der Waals surface area contributed by atoms with E-state index in [0.29, 0.717) is 24.9 Å². The molecule has 3 atom stereocenters. The summed E-state index contributed by atoms with van der Waals surface area (Å²) < 4.78 is 0. The van der Waals surface area contributed by atoms with Crippen molar-refractivity contribution in [3.63, 3.8) is 0 Å². The molecule has 5 heteroatoms. The van der Waals surface area contributed by atoms with Crippen molar-refractivity contribution in [1.82, 2.24) is 4.90 Å². The first-order chi connectivity index (χ1) is 9.52. The quantitative estimate of drug-likeness (QED) is 0.876. The fourth-order valence-corrected chi connectivity index (χ4v) is 2.72. The van der Waals surface area contributed by atoms with Gasteiger partial charge >= 0.3 is 5.97 Å². The van der Waals surface area contributed by atoms with Gasteiger partial charge in [-0.1, -0.05) is 30.3 Å². The van der Waals surface area contributed by atoms with Crippen LogP contribution in [0, 0.1) is 5.92 Å². The van der Waals surface area contributed by atoms with E-state index in [1.165, 1.54) is 4.90 Å². The Morgan fingerprint density at radius 2 is 1.95 bits per heavy atom. The lowest BCUT2D eigenvalue weighted by atomic mass is 9.89. The molecular weight excluding hydrogens is 258 g/mol. The summed E-state index contributed by atoms with van der Waals surface area (Å²) in [4.78, 5) is 25.0. The molecule has 2 rings (SSSR count). The standard InChI is InChI=1S/C15H19NO4/c1-10-12(15(19)20)8-5-9-16(10)14(18)13(17)11-6-3-2-4-7-11/h2-4,6-7,10,12-13,17H,5,8-9H2,1H3,(H,19,20)/t10-,12-,13-/m1/s1. The maximum Gasteiger partial charge on any atom is 0.308 e. The van der Waals surface area contributed by atoms with Crippen LogP contribution in [0.15, 0.2) is 30.3 Å². The number of piperidine rings is 1. The van der Waals surface area contributed by atoms with Gasteiger partial charge in [0.15, 0.2) is 6.10 Å². The summed E-state index contributed by atoms with van der Waals surface area (Å²) in [5.74, 6) is -1.87. The molecule has 20 heavy (non-hydrogen) atoms. The highest BCUT2D eigenvalue weighted by molar-refractivity contribution is 5.83. The first-order valence-corrected chi connectivity index (χ1v) is 6.78. The zero-order chi connectivity index (χ0) is 14.7. The van der Waals surface area contributed by atoms with Crippen LogP contribution in [0.4, 0.5) is 0 Å². The monoisotopic (exact) mass is 277 g/mol. The number of nitrogens with zero attached hydrogens (tertiary/aromatic N) is 1. The largest absolute Gasteiger partial charge is 0.481 e. The third-order valence-electron chi connectivity index (χ3n) is 3.94. The number of benzene rings is 1. The first-order valence-electron chi connectivity index (χ1n) is 6.78. The summed E-state index contributed by atoms with van der Waals surface area (Å²) in [6.45, 7) is 2.22. The fourth-order valence-electron chi connectivity index (χ4n) is 2.72. The van der Waals surface area contributed by atoms with Crippen LogP contribution in [0.5, 0.6) is 0 Å². The number of hydrogen-bond acceptors (Lipinski definition) is 3. The molecule has 1 aliphatic rings. The fraction of sp³-hybridized carbons (Fsp3) is 0.467. The Balaban J connectivity index is 2.14. The molecule has 0 bridgehead atoms. The Kier molecular flexibility index (Phi) is 4.39. The van der Waals surface area contributed by atoms with Gasteiger partial charge in [-0.2, -0.15) is 0 Å². The van der Waals surface area contributed by atoms with Crippen molar-refractivity contribution in [2.45, 2.75) is 31.9 Å². The van der Waals surface area contributed by atoms with Gasteiger partial charge < -0.3 is 15.1 Å². The highest BCUT2D eigenvalue weighted by Gasteiger charge is 2.37. The van der Waals surface area contributed by atoms with Crippen LogP contribution in [0.3, 0.4) is 0 Å². The topological polar surface area (TPSA) is 77.8 Å². The molecule has 0 unspecified atom stereocenters. The highest BCUT2D eigenvalue weighted by atomic mass is 16.4. The molecule has 2 N–H and O–H groups in total. The van der Waals surface area contributed by atoms with E-state index in [9.17, 15) is 14.7 Å². The Bertz CT molecular complexity index is 488. The zero-order valence-electron chi connectivity index (χ0n) is 11.4. The maximum atomic E-state index is 12.4. The molecule has 0 aliphatic carbocycles. The number of aliphatic hydroxyl groups excluding tert-OH is 1. The molecule has 0 saturated carbocycles. The third-order valence-corrected chi connectivity index (χ3v) is 3.94. The molecule has 1 aromatic rings. The predicted octanol–water partition coefficient (Wildman–Crippen LogP) is 1.43. The second-order valence-corrected chi connectivity index (χ2v) is 5.17. The summed E-state index contributed by atoms with van der Waals surface area (Å²) in [6, 6.07) is 8.30. The average molecular weight is 277 g/mol. The highest BCUT2D eigenvalue weighted by Crippen LogP contribution is 2.27. The minimum Gasteiger partial charge on any atom is -0.481 e. The van der Waals surface area contributed by atoms with E-state index in [2.05, 4.69) is 0 Å². The van der Waals surface area contributed by atoms with Crippen molar-refractivity contribution < 1.29 is 19.8 Å². The maximum absolute atomic E-state index is 12.4. The average Bonchev–Trinajstić information content (AvgIpc) is 2.46. The Morgan fingerprint density at radius 1 is 1.30 bits per heavy atom. The van der Waals surface area contributed by atoms with Gasteiger partial charge in [0.1, 0.15) is 0 Å². The van der Waals surface area contributed by atoms with Crippen molar-refractivity contribution in [1.29, 1.82) is 0 Å². The van der Waals surface area contributed by atoms with Gasteiger partial charge in [0.2, 0.25) is 0 Å². The smallest absolute Gasteiger partial charge is 0.308 e. The van der Waals surface area contributed by atoms with E-state index in [4.69, 9.17) is 5.11 Å². The SMILES string of the molecule is C[C@@H]1[C@H](C(=O)O)CCCN1C(=O)[C@H](O)c1ccccc1. The number of aliphatic hydroxyl groups is 1. The van der Waals surface area contributed by atoms with Crippen LogP contribution in [0.25, 0.3) is 0 Å². The van der Waals surface area contributed by atoms with Gasteiger partial charge in [-0.3, -0.25) is 9.59 Å². The Hall–Kier alpha value is -1.88. The Morgan fingerprint density at radius 3 is 2.55 bits per heavy atom. The molecule has 1 heterocycles. The number of hydrogen-bond donors (Lipinski definition) is 2. The van der Waals surface area contributed by atoms with E-state index in [0.717, 1.165) is 0 Å². The summed E-state index contributed by atoms with van der Waals surface area (Å²) in [5.41, 5.74) is 0.530. The second-order valence-electron chi connectivity index (χ2n) is 5.17. The van der Waals surface area contributed by atoms with Crippen LogP contribution in [0.2, 0.25) is 0 Å². The van der Waals surface area contributed by atoms with Gasteiger partial charge in [-0.25, -0.2) is 0 Å². The second kappa shape index (κ2) is 6.05. The van der Waals surface area contributed by atoms with Crippen molar-refractivity contribution in [3.05, 3.63) is 35.9 Å². The number of carbonyl (C=O) groups is 2. The molecule has 1 aromatic carbocycles. The van der Waals surface area contributed by atoms with Gasteiger partial charge in [0, 0.05) is 12.6 Å². The van der Waals surface area contributed by atoms with Gasteiger partial charge in [-0.15, -0.1) is 0 Å². The predicted molar refractivity (Wildman–Crippen MR) is 72.9 cm³/mol. The number of carbonyl (C=O) groups excluding carboxylic acids is 1. The third kappa shape index (κ3) is 2.82. The molecule has 1 amide bonds. The lowest BCUT2D eigenvalue weighted by Crippen LogP contribution is -2.50. The first kappa shape index (κ1) is 14.5. The lowest BCUT2D eigenvalue weighted by Gasteiger charge is -2.38. The van der Waals surface area contributed by atoms with E-state index in [1.54, 1.807) is 31.2 Å². The van der Waals surface area contributed by atoms with Crippen LogP contribution >= 0.6 is 0 Å². The van der Waals surface area contributed by atoms with Crippen molar-refractivity contribution in [2.24, 2.45) is 5.92 Å². The zero-order valence-corrected chi connectivity index (χ0v) is 11.4. The minimum atomic E-state index is -1.23. The molecule has 1 fully saturated rings. The molecule has 0 aromatic heterocycles. The van der Waals surface area contributed by atoms with E-state index < -0.39 is 29.9 Å². The Labute approximate surface area is 117 Å². The van der Waals surface area contributed by atoms with Crippen LogP contribution in [-0.2, 0) is 9.59 Å². The summed E-state index contributed by atoms with van der Waals surface area (Å²) in [6.07, 6.45) is -0.0119. The number of carboxylic acid groups (broad SMARTS) is 1. The number of aliphatic carboxylic acids is 1. The number of amides is 1. The normalized spacial score (nSPS) is 24.2. The number of carboxylic acids is 1. The van der Waals surface area contributed by atoms with Gasteiger partial charge in [-0.05, 0) is 25.3 Å². The molecular formula is C15H19NO4. The van der Waals surface area contributed by atoms with Crippen LogP contribution in [-0.4, -0.2) is 39.6 Å². The van der Waals surface area contributed by atoms with E-state index >= 15 is 0 Å². The molecule has 1 aliphatic heterocycles. The van der Waals surface area contributed by atoms with Crippen molar-refractivity contribution >= 4 is 11.9 Å². The molecule has 1 saturated heterocycles. The lowest BCUT2D eigenvalue weighted by molar-refractivity contribution is -0.153. The van der Waals surface area contributed by atoms with E-state index in [-0.39, 0.29) is 0 Å². The van der Waals surface area contributed by atoms with Gasteiger partial charge in [0.05, 0.1) is 5.92 Å². The van der Waals surface area contributed by atoms with Crippen LogP contribution < -0.4 is 0 Å². The number of likely N-dealkylation sites (tertiary alicyclic amines) is 1. The minimum absolute atomic E-state index is 0.396. The summed E-state index contributed by atoms with van der Waals surface area (Å²) >= 11 is 0. The number of rotatable bonds is 3. The molecule has 108 valence electrons.